The molecule has 23 heavy (non-hydrogen) atoms. The minimum Gasteiger partial charge on any atom is -0.357 e. The van der Waals surface area contributed by atoms with Crippen molar-refractivity contribution in [3.63, 3.8) is 0 Å². The molecule has 0 aliphatic heterocycles. The van der Waals surface area contributed by atoms with Gasteiger partial charge in [0.2, 0.25) is 0 Å². The number of halogens is 3. The van der Waals surface area contributed by atoms with Crippen LogP contribution in [-0.2, 0) is 13.1 Å². The highest BCUT2D eigenvalue weighted by atomic mass is 19.1. The first-order valence-electron chi connectivity index (χ1n) is 7.29. The summed E-state index contributed by atoms with van der Waals surface area (Å²) in [5.74, 6) is -0.938. The molecule has 0 heterocycles. The summed E-state index contributed by atoms with van der Waals surface area (Å²) in [5, 5.41) is 5.94. The average Bonchev–Trinajstić information content (AvgIpc) is 2.54. The lowest BCUT2D eigenvalue weighted by atomic mass is 10.2. The Labute approximate surface area is 133 Å². The molecule has 2 N–H and O–H groups in total. The Morgan fingerprint density at radius 1 is 0.957 bits per heavy atom. The van der Waals surface area contributed by atoms with Gasteiger partial charge in [0.15, 0.2) is 5.96 Å². The van der Waals surface area contributed by atoms with Crippen LogP contribution in [0, 0.1) is 17.5 Å². The Morgan fingerprint density at radius 3 is 2.43 bits per heavy atom. The molecule has 0 bridgehead atoms. The Balaban J connectivity index is 2.05. The second-order valence-corrected chi connectivity index (χ2v) is 4.88. The molecule has 0 fully saturated rings. The number of aliphatic imine (C=N–C) groups is 1. The van der Waals surface area contributed by atoms with Gasteiger partial charge in [0, 0.05) is 24.2 Å². The minimum atomic E-state index is -0.514. The van der Waals surface area contributed by atoms with Crippen molar-refractivity contribution in [2.75, 3.05) is 6.54 Å². The Hall–Kier alpha value is -2.50. The molecule has 2 aromatic carbocycles. The molecule has 0 radical (unpaired) electrons. The summed E-state index contributed by atoms with van der Waals surface area (Å²) in [7, 11) is 0. The third kappa shape index (κ3) is 5.02. The second-order valence-electron chi connectivity index (χ2n) is 4.88. The summed E-state index contributed by atoms with van der Waals surface area (Å²) >= 11 is 0. The summed E-state index contributed by atoms with van der Waals surface area (Å²) < 4.78 is 40.3. The fourth-order valence-corrected chi connectivity index (χ4v) is 1.99. The van der Waals surface area contributed by atoms with Gasteiger partial charge in [-0.05, 0) is 31.2 Å². The monoisotopic (exact) mass is 321 g/mol. The maximum absolute atomic E-state index is 13.6. The molecule has 0 aliphatic rings. The van der Waals surface area contributed by atoms with Crippen LogP contribution in [0.1, 0.15) is 18.1 Å². The molecule has 0 spiro atoms. The Bertz CT molecular complexity index is 687. The molecule has 0 unspecified atom stereocenters. The molecule has 2 aromatic rings. The predicted molar refractivity (Wildman–Crippen MR) is 84.4 cm³/mol. The predicted octanol–water partition coefficient (Wildman–Crippen LogP) is 3.36. The number of benzene rings is 2. The van der Waals surface area contributed by atoms with E-state index in [0.717, 1.165) is 18.2 Å². The van der Waals surface area contributed by atoms with E-state index in [0.29, 0.717) is 18.1 Å². The van der Waals surface area contributed by atoms with Crippen LogP contribution in [0.25, 0.3) is 0 Å². The maximum Gasteiger partial charge on any atom is 0.191 e. The number of nitrogens with zero attached hydrogens (tertiary/aromatic N) is 1. The molecule has 0 saturated heterocycles. The summed E-state index contributed by atoms with van der Waals surface area (Å²) in [6.45, 7) is 2.69. The summed E-state index contributed by atoms with van der Waals surface area (Å²) in [4.78, 5) is 4.20. The quantitative estimate of drug-likeness (QED) is 0.654. The number of hydrogen-bond acceptors (Lipinski definition) is 1. The number of hydrogen-bond donors (Lipinski definition) is 2. The lowest BCUT2D eigenvalue weighted by Gasteiger charge is -2.12. The summed E-state index contributed by atoms with van der Waals surface area (Å²) in [6, 6.07) is 9.64. The first kappa shape index (κ1) is 16.9. The highest BCUT2D eigenvalue weighted by molar-refractivity contribution is 5.79. The molecule has 3 nitrogen and oxygen atoms in total. The van der Waals surface area contributed by atoms with Crippen LogP contribution in [-0.4, -0.2) is 12.5 Å². The number of nitrogens with one attached hydrogen (secondary N) is 2. The van der Waals surface area contributed by atoms with E-state index in [1.54, 1.807) is 18.2 Å². The van der Waals surface area contributed by atoms with E-state index in [1.165, 1.54) is 6.07 Å². The van der Waals surface area contributed by atoms with Gasteiger partial charge in [-0.3, -0.25) is 0 Å². The van der Waals surface area contributed by atoms with Crippen molar-refractivity contribution in [3.05, 3.63) is 71.0 Å². The molecule has 0 atom stereocenters. The van der Waals surface area contributed by atoms with Crippen molar-refractivity contribution < 1.29 is 13.2 Å². The molecular weight excluding hydrogens is 303 g/mol. The first-order valence-corrected chi connectivity index (χ1v) is 7.29. The lowest BCUT2D eigenvalue weighted by molar-refractivity contribution is 0.585. The van der Waals surface area contributed by atoms with Gasteiger partial charge in [0.25, 0.3) is 0 Å². The third-order valence-electron chi connectivity index (χ3n) is 3.16. The van der Waals surface area contributed by atoms with E-state index in [9.17, 15) is 13.2 Å². The van der Waals surface area contributed by atoms with E-state index in [1.807, 2.05) is 6.92 Å². The molecule has 0 aromatic heterocycles. The van der Waals surface area contributed by atoms with Crippen molar-refractivity contribution in [1.29, 1.82) is 0 Å². The van der Waals surface area contributed by atoms with E-state index < -0.39 is 11.6 Å². The van der Waals surface area contributed by atoms with Crippen LogP contribution in [0.2, 0.25) is 0 Å². The normalized spacial score (nSPS) is 11.4. The van der Waals surface area contributed by atoms with Gasteiger partial charge in [0.1, 0.15) is 17.5 Å². The molecule has 0 saturated carbocycles. The van der Waals surface area contributed by atoms with Gasteiger partial charge < -0.3 is 10.6 Å². The van der Waals surface area contributed by atoms with Crippen molar-refractivity contribution in [2.45, 2.75) is 20.0 Å². The summed E-state index contributed by atoms with van der Waals surface area (Å²) in [6.07, 6.45) is 0. The van der Waals surface area contributed by atoms with Gasteiger partial charge in [-0.25, -0.2) is 18.2 Å². The number of guanidine groups is 1. The highest BCUT2D eigenvalue weighted by Gasteiger charge is 2.05. The topological polar surface area (TPSA) is 36.4 Å². The lowest BCUT2D eigenvalue weighted by Crippen LogP contribution is -2.37. The van der Waals surface area contributed by atoms with Crippen molar-refractivity contribution in [3.8, 4) is 0 Å². The highest BCUT2D eigenvalue weighted by Crippen LogP contribution is 2.11. The minimum absolute atomic E-state index is 0.0177. The van der Waals surface area contributed by atoms with Crippen LogP contribution < -0.4 is 10.6 Å². The fraction of sp³-hybridized carbons (Fsp3) is 0.235. The standard InChI is InChI=1S/C17H18F3N3/c1-2-21-17(22-10-12-5-3-4-6-15(12)19)23-11-13-9-14(18)7-8-16(13)20/h3-9H,2,10-11H2,1H3,(H2,21,22,23). The van der Waals surface area contributed by atoms with E-state index in [-0.39, 0.29) is 24.5 Å². The first-order chi connectivity index (χ1) is 11.1. The van der Waals surface area contributed by atoms with Gasteiger partial charge in [0.05, 0.1) is 6.54 Å². The van der Waals surface area contributed by atoms with E-state index in [4.69, 9.17) is 0 Å². The van der Waals surface area contributed by atoms with Crippen molar-refractivity contribution in [1.82, 2.24) is 10.6 Å². The van der Waals surface area contributed by atoms with Gasteiger partial charge in [-0.1, -0.05) is 18.2 Å². The average molecular weight is 321 g/mol. The number of rotatable bonds is 5. The van der Waals surface area contributed by atoms with Crippen molar-refractivity contribution in [2.24, 2.45) is 4.99 Å². The summed E-state index contributed by atoms with van der Waals surface area (Å²) in [5.41, 5.74) is 0.656. The fourth-order valence-electron chi connectivity index (χ4n) is 1.99. The van der Waals surface area contributed by atoms with E-state index >= 15 is 0 Å². The second kappa shape index (κ2) is 8.22. The van der Waals surface area contributed by atoms with Gasteiger partial charge in [-0.2, -0.15) is 0 Å². The Morgan fingerprint density at radius 2 is 1.70 bits per heavy atom. The van der Waals surface area contributed by atoms with Crippen LogP contribution in [0.15, 0.2) is 47.5 Å². The van der Waals surface area contributed by atoms with Crippen LogP contribution >= 0.6 is 0 Å². The largest absolute Gasteiger partial charge is 0.357 e. The SMILES string of the molecule is CCNC(=NCc1cc(F)ccc1F)NCc1ccccc1F. The van der Waals surface area contributed by atoms with Crippen molar-refractivity contribution >= 4 is 5.96 Å². The zero-order valence-electron chi connectivity index (χ0n) is 12.7. The van der Waals surface area contributed by atoms with Gasteiger partial charge in [-0.15, -0.1) is 0 Å². The molecule has 6 heteroatoms. The maximum atomic E-state index is 13.6. The molecular formula is C17H18F3N3. The van der Waals surface area contributed by atoms with Gasteiger partial charge >= 0.3 is 0 Å². The van der Waals surface area contributed by atoms with E-state index in [2.05, 4.69) is 15.6 Å². The molecule has 0 amide bonds. The smallest absolute Gasteiger partial charge is 0.191 e. The molecule has 122 valence electrons. The molecule has 2 rings (SSSR count). The van der Waals surface area contributed by atoms with Crippen LogP contribution in [0.4, 0.5) is 13.2 Å². The molecule has 0 aliphatic carbocycles. The third-order valence-corrected chi connectivity index (χ3v) is 3.16. The zero-order chi connectivity index (χ0) is 16.7. The van der Waals surface area contributed by atoms with Crippen LogP contribution in [0.3, 0.4) is 0 Å². The van der Waals surface area contributed by atoms with Crippen LogP contribution in [0.5, 0.6) is 0 Å². The zero-order valence-corrected chi connectivity index (χ0v) is 12.7. The Kier molecular flexibility index (Phi) is 6.02.